The molecule has 0 saturated carbocycles. The fourth-order valence-electron chi connectivity index (χ4n) is 5.84. The number of imide groups is 1. The number of fused-ring (bicyclic) bond motifs is 2. The first-order valence-electron chi connectivity index (χ1n) is 14.3. The summed E-state index contributed by atoms with van der Waals surface area (Å²) in [6.07, 6.45) is -4.82. The summed E-state index contributed by atoms with van der Waals surface area (Å²) >= 11 is 1.77. The van der Waals surface area contributed by atoms with Gasteiger partial charge in [-0.2, -0.15) is 13.2 Å². The smallest absolute Gasteiger partial charge is 0.418 e. The van der Waals surface area contributed by atoms with Gasteiger partial charge in [0.2, 0.25) is 17.7 Å². The van der Waals surface area contributed by atoms with Crippen molar-refractivity contribution in [1.82, 2.24) is 4.57 Å². The summed E-state index contributed by atoms with van der Waals surface area (Å²) in [6.45, 7) is 5.71. The van der Waals surface area contributed by atoms with Crippen LogP contribution in [0.15, 0.2) is 82.6 Å². The van der Waals surface area contributed by atoms with E-state index in [1.807, 2.05) is 45.0 Å². The number of hydrogen-bond donors (Lipinski definition) is 2. The summed E-state index contributed by atoms with van der Waals surface area (Å²) in [5.41, 5.74) is 0.174. The molecule has 3 atom stereocenters. The van der Waals surface area contributed by atoms with Crippen molar-refractivity contribution in [1.29, 1.82) is 0 Å². The summed E-state index contributed by atoms with van der Waals surface area (Å²) in [5.74, 6) is -4.06. The molecule has 46 heavy (non-hydrogen) atoms. The molecule has 4 aromatic rings. The number of nitrogens with zero attached hydrogens (tertiary/aromatic N) is 2. The molecular formula is C33H28F3N3O5S2. The minimum absolute atomic E-state index is 0.0105. The van der Waals surface area contributed by atoms with Crippen LogP contribution in [0.2, 0.25) is 0 Å². The van der Waals surface area contributed by atoms with Crippen molar-refractivity contribution < 1.29 is 32.7 Å². The number of para-hydroxylation sites is 1. The molecule has 3 aromatic carbocycles. The van der Waals surface area contributed by atoms with Crippen molar-refractivity contribution in [3.05, 3.63) is 104 Å². The Hall–Kier alpha value is -4.36. The molecule has 1 aromatic heterocycles. The van der Waals surface area contributed by atoms with Gasteiger partial charge in [-0.3, -0.25) is 23.7 Å². The zero-order chi connectivity index (χ0) is 33.1. The molecule has 8 nitrogen and oxygen atoms in total. The van der Waals surface area contributed by atoms with E-state index in [1.165, 1.54) is 41.0 Å². The minimum Gasteiger partial charge on any atom is -0.508 e. The Morgan fingerprint density at radius 3 is 2.20 bits per heavy atom. The summed E-state index contributed by atoms with van der Waals surface area (Å²) in [7, 11) is 0. The number of aromatic nitrogens is 1. The summed E-state index contributed by atoms with van der Waals surface area (Å²) in [6, 6.07) is 17.7. The van der Waals surface area contributed by atoms with Gasteiger partial charge in [0, 0.05) is 16.5 Å². The molecule has 0 spiro atoms. The molecule has 2 aliphatic rings. The second-order valence-corrected chi connectivity index (χ2v) is 14.3. The third-order valence-corrected chi connectivity index (χ3v) is 10.7. The molecule has 0 bridgehead atoms. The van der Waals surface area contributed by atoms with Crippen LogP contribution >= 0.6 is 23.1 Å². The zero-order valence-electron chi connectivity index (χ0n) is 24.8. The second kappa shape index (κ2) is 11.5. The molecule has 3 amide bonds. The van der Waals surface area contributed by atoms with Crippen LogP contribution in [-0.4, -0.2) is 32.6 Å². The molecule has 3 heterocycles. The predicted octanol–water partition coefficient (Wildman–Crippen LogP) is 6.37. The van der Waals surface area contributed by atoms with E-state index in [-0.39, 0.29) is 11.2 Å². The van der Waals surface area contributed by atoms with Gasteiger partial charge in [0.15, 0.2) is 0 Å². The first-order valence-corrected chi connectivity index (χ1v) is 16.0. The molecule has 1 fully saturated rings. The lowest BCUT2D eigenvalue weighted by Crippen LogP contribution is -2.33. The largest absolute Gasteiger partial charge is 0.508 e. The molecule has 6 rings (SSSR count). The minimum atomic E-state index is -4.82. The SMILES string of the molecule is CC(C)(C)c1ccc(C2c3sc(=O)n(CC(=O)Nc4ccc(O)cc4)c3SC3C(=O)N(c4ccccc4C(F)(F)F)C(=O)C32)cc1. The third kappa shape index (κ3) is 5.62. The van der Waals surface area contributed by atoms with Gasteiger partial charge in [-0.15, -0.1) is 0 Å². The van der Waals surface area contributed by atoms with Crippen LogP contribution in [0.25, 0.3) is 0 Å². The van der Waals surface area contributed by atoms with Gasteiger partial charge in [-0.1, -0.05) is 80.3 Å². The average molecular weight is 668 g/mol. The lowest BCUT2D eigenvalue weighted by molar-refractivity contribution is -0.137. The molecule has 0 aliphatic carbocycles. The van der Waals surface area contributed by atoms with Crippen molar-refractivity contribution in [2.75, 3.05) is 10.2 Å². The maximum Gasteiger partial charge on any atom is 0.418 e. The lowest BCUT2D eigenvalue weighted by atomic mass is 9.81. The number of aromatic hydroxyl groups is 1. The van der Waals surface area contributed by atoms with E-state index in [2.05, 4.69) is 5.32 Å². The van der Waals surface area contributed by atoms with E-state index >= 15 is 0 Å². The van der Waals surface area contributed by atoms with Gasteiger partial charge >= 0.3 is 11.0 Å². The van der Waals surface area contributed by atoms with E-state index in [0.717, 1.165) is 40.8 Å². The Morgan fingerprint density at radius 1 is 0.913 bits per heavy atom. The number of anilines is 2. The number of phenolic OH excluding ortho intramolecular Hbond substituents is 1. The maximum absolute atomic E-state index is 14.1. The topological polar surface area (TPSA) is 109 Å². The lowest BCUT2D eigenvalue weighted by Gasteiger charge is -2.31. The van der Waals surface area contributed by atoms with Gasteiger partial charge in [-0.05, 0) is 52.9 Å². The number of rotatable bonds is 5. The fraction of sp³-hybridized carbons (Fsp3) is 0.273. The van der Waals surface area contributed by atoms with Crippen LogP contribution in [-0.2, 0) is 32.5 Å². The first-order chi connectivity index (χ1) is 21.6. The third-order valence-electron chi connectivity index (χ3n) is 8.09. The molecule has 1 saturated heterocycles. The highest BCUT2D eigenvalue weighted by Gasteiger charge is 2.57. The van der Waals surface area contributed by atoms with Crippen molar-refractivity contribution in [2.24, 2.45) is 5.92 Å². The van der Waals surface area contributed by atoms with Gasteiger partial charge in [0.1, 0.15) is 17.5 Å². The highest BCUT2D eigenvalue weighted by Crippen LogP contribution is 2.54. The van der Waals surface area contributed by atoms with Crippen molar-refractivity contribution in [3.8, 4) is 5.75 Å². The van der Waals surface area contributed by atoms with E-state index in [0.29, 0.717) is 26.1 Å². The number of carbonyl (C=O) groups excluding carboxylic acids is 3. The molecular weight excluding hydrogens is 640 g/mol. The molecule has 238 valence electrons. The number of carbonyl (C=O) groups is 3. The van der Waals surface area contributed by atoms with E-state index in [4.69, 9.17) is 0 Å². The quantitative estimate of drug-likeness (QED) is 0.189. The number of amides is 3. The van der Waals surface area contributed by atoms with Gasteiger partial charge in [-0.25, -0.2) is 4.90 Å². The number of benzene rings is 3. The Morgan fingerprint density at radius 2 is 1.57 bits per heavy atom. The monoisotopic (exact) mass is 667 g/mol. The number of thiazole rings is 1. The Bertz CT molecular complexity index is 1910. The molecule has 2 aliphatic heterocycles. The number of halogens is 3. The van der Waals surface area contributed by atoms with Gasteiger partial charge in [0.25, 0.3) is 0 Å². The molecule has 3 unspecified atom stereocenters. The zero-order valence-corrected chi connectivity index (χ0v) is 26.4. The van der Waals surface area contributed by atoms with Crippen LogP contribution < -0.4 is 15.1 Å². The van der Waals surface area contributed by atoms with Crippen LogP contribution in [0.5, 0.6) is 5.75 Å². The second-order valence-electron chi connectivity index (χ2n) is 12.2. The van der Waals surface area contributed by atoms with Crippen LogP contribution in [0.1, 0.15) is 48.3 Å². The Kier molecular flexibility index (Phi) is 7.88. The molecule has 0 radical (unpaired) electrons. The number of thioether (sulfide) groups is 1. The highest BCUT2D eigenvalue weighted by molar-refractivity contribution is 8.00. The summed E-state index contributed by atoms with van der Waals surface area (Å²) in [4.78, 5) is 55.1. The summed E-state index contributed by atoms with van der Waals surface area (Å²) in [5, 5.41) is 11.4. The van der Waals surface area contributed by atoms with E-state index in [9.17, 15) is 37.5 Å². The van der Waals surface area contributed by atoms with E-state index in [1.54, 1.807) is 0 Å². The summed E-state index contributed by atoms with van der Waals surface area (Å²) < 4.78 is 43.3. The van der Waals surface area contributed by atoms with Crippen LogP contribution in [0.3, 0.4) is 0 Å². The number of hydrogen-bond acceptors (Lipinski definition) is 7. The molecule has 13 heteroatoms. The standard InChI is InChI=1S/C33H28F3N3O5S2/c1-32(2,3)18-10-8-17(9-11-18)24-25-26(29(43)39(28(25)42)22-7-5-4-6-21(22)33(34,35)36)45-30-27(24)46-31(44)38(30)16-23(41)37-19-12-14-20(40)15-13-19/h4-15,24-26,40H,16H2,1-3H3,(H,37,41). The first kappa shape index (κ1) is 31.6. The van der Waals surface area contributed by atoms with Gasteiger partial charge < -0.3 is 10.4 Å². The normalized spacial score (nSPS) is 19.6. The number of alkyl halides is 3. The van der Waals surface area contributed by atoms with E-state index < -0.39 is 63.7 Å². The predicted molar refractivity (Wildman–Crippen MR) is 169 cm³/mol. The average Bonchev–Trinajstić information content (AvgIpc) is 3.43. The van der Waals surface area contributed by atoms with Gasteiger partial charge in [0.05, 0.1) is 22.2 Å². The Balaban J connectivity index is 1.44. The highest BCUT2D eigenvalue weighted by atomic mass is 32.2. The van der Waals surface area contributed by atoms with Crippen LogP contribution in [0, 0.1) is 5.92 Å². The van der Waals surface area contributed by atoms with Crippen molar-refractivity contribution in [2.45, 2.75) is 55.1 Å². The van der Waals surface area contributed by atoms with Crippen LogP contribution in [0.4, 0.5) is 24.5 Å². The number of phenols is 1. The fourth-order valence-corrected chi connectivity index (χ4v) is 8.61. The Labute approximate surface area is 269 Å². The van der Waals surface area contributed by atoms with Crippen molar-refractivity contribution in [3.63, 3.8) is 0 Å². The molecule has 2 N–H and O–H groups in total. The maximum atomic E-state index is 14.1. The number of nitrogens with one attached hydrogen (secondary N) is 1. The van der Waals surface area contributed by atoms with Crippen molar-refractivity contribution >= 4 is 52.2 Å².